The number of nitrogens with two attached hydrogens (primary N) is 1. The monoisotopic (exact) mass is 300 g/mol. The number of rotatable bonds is 3. The fourth-order valence-corrected chi connectivity index (χ4v) is 2.81. The van der Waals surface area contributed by atoms with Crippen LogP contribution in [-0.4, -0.2) is 34.0 Å². The number of likely N-dealkylation sites (tertiary alicyclic amines) is 1. The minimum atomic E-state index is 0.130. The van der Waals surface area contributed by atoms with Crippen LogP contribution in [0.2, 0.25) is 0 Å². The number of amides is 1. The van der Waals surface area contributed by atoms with E-state index >= 15 is 0 Å². The number of aromatic nitrogens is 2. The van der Waals surface area contributed by atoms with Gasteiger partial charge < -0.3 is 15.2 Å². The molecule has 3 rings (SSSR count). The van der Waals surface area contributed by atoms with Gasteiger partial charge in [0, 0.05) is 18.8 Å². The summed E-state index contributed by atoms with van der Waals surface area (Å²) in [5, 5.41) is 3.84. The Bertz CT molecular complexity index is 650. The standard InChI is InChI=1S/C16H20N4O2/c1-11-18-16(22-19-11)13-3-2-8-20(10-13)15(21)9-12-4-6-14(17)7-5-12/h4-7,13H,2-3,8-10,17H2,1H3. The highest BCUT2D eigenvalue weighted by molar-refractivity contribution is 5.79. The molecule has 1 aromatic carbocycles. The molecule has 0 aliphatic carbocycles. The van der Waals surface area contributed by atoms with Crippen LogP contribution in [0.25, 0.3) is 0 Å². The Balaban J connectivity index is 1.63. The van der Waals surface area contributed by atoms with Crippen LogP contribution in [-0.2, 0) is 11.2 Å². The van der Waals surface area contributed by atoms with Crippen LogP contribution in [0.3, 0.4) is 0 Å². The van der Waals surface area contributed by atoms with E-state index in [2.05, 4.69) is 10.1 Å². The van der Waals surface area contributed by atoms with Crippen molar-refractivity contribution >= 4 is 11.6 Å². The summed E-state index contributed by atoms with van der Waals surface area (Å²) >= 11 is 0. The zero-order valence-corrected chi connectivity index (χ0v) is 12.7. The molecule has 2 heterocycles. The molecule has 1 saturated heterocycles. The molecule has 2 N–H and O–H groups in total. The third kappa shape index (κ3) is 3.27. The van der Waals surface area contributed by atoms with Crippen molar-refractivity contribution in [2.75, 3.05) is 18.8 Å². The van der Waals surface area contributed by atoms with E-state index in [4.69, 9.17) is 10.3 Å². The van der Waals surface area contributed by atoms with Crippen molar-refractivity contribution in [3.8, 4) is 0 Å². The largest absolute Gasteiger partial charge is 0.399 e. The topological polar surface area (TPSA) is 85.2 Å². The van der Waals surface area contributed by atoms with E-state index in [1.165, 1.54) is 0 Å². The second kappa shape index (κ2) is 6.17. The molecule has 1 unspecified atom stereocenters. The number of piperidine rings is 1. The Morgan fingerprint density at radius 1 is 1.41 bits per heavy atom. The number of nitrogen functional groups attached to an aromatic ring is 1. The van der Waals surface area contributed by atoms with Crippen LogP contribution in [0.5, 0.6) is 0 Å². The van der Waals surface area contributed by atoms with Gasteiger partial charge in [0.25, 0.3) is 0 Å². The van der Waals surface area contributed by atoms with Crippen LogP contribution in [0.15, 0.2) is 28.8 Å². The number of benzene rings is 1. The molecule has 1 aliphatic rings. The fraction of sp³-hybridized carbons (Fsp3) is 0.438. The lowest BCUT2D eigenvalue weighted by atomic mass is 9.97. The molecule has 116 valence electrons. The van der Waals surface area contributed by atoms with Crippen molar-refractivity contribution in [3.63, 3.8) is 0 Å². The number of anilines is 1. The van der Waals surface area contributed by atoms with Crippen LogP contribution in [0.4, 0.5) is 5.69 Å². The lowest BCUT2D eigenvalue weighted by molar-refractivity contribution is -0.131. The van der Waals surface area contributed by atoms with E-state index in [1.54, 1.807) is 6.92 Å². The summed E-state index contributed by atoms with van der Waals surface area (Å²) in [5.74, 6) is 1.55. The summed E-state index contributed by atoms with van der Waals surface area (Å²) in [6.07, 6.45) is 2.34. The highest BCUT2D eigenvalue weighted by Crippen LogP contribution is 2.26. The first kappa shape index (κ1) is 14.6. The number of carbonyl (C=O) groups is 1. The van der Waals surface area contributed by atoms with Crippen molar-refractivity contribution in [2.45, 2.75) is 32.1 Å². The lowest BCUT2D eigenvalue weighted by Gasteiger charge is -2.31. The quantitative estimate of drug-likeness (QED) is 0.875. The van der Waals surface area contributed by atoms with Gasteiger partial charge in [0.2, 0.25) is 11.8 Å². The van der Waals surface area contributed by atoms with Crippen LogP contribution >= 0.6 is 0 Å². The van der Waals surface area contributed by atoms with Crippen LogP contribution in [0.1, 0.15) is 36.0 Å². The minimum Gasteiger partial charge on any atom is -0.399 e. The van der Waals surface area contributed by atoms with E-state index in [0.29, 0.717) is 30.4 Å². The summed E-state index contributed by atoms with van der Waals surface area (Å²) in [4.78, 5) is 18.6. The van der Waals surface area contributed by atoms with Gasteiger partial charge in [0.15, 0.2) is 5.82 Å². The highest BCUT2D eigenvalue weighted by atomic mass is 16.5. The van der Waals surface area contributed by atoms with Crippen LogP contribution < -0.4 is 5.73 Å². The normalized spacial score (nSPS) is 18.4. The third-order valence-corrected chi connectivity index (χ3v) is 4.00. The van der Waals surface area contributed by atoms with Gasteiger partial charge in [-0.3, -0.25) is 4.79 Å². The summed E-state index contributed by atoms with van der Waals surface area (Å²) in [5.41, 5.74) is 7.36. The summed E-state index contributed by atoms with van der Waals surface area (Å²) in [6.45, 7) is 3.24. The predicted molar refractivity (Wildman–Crippen MR) is 82.1 cm³/mol. The molecule has 1 aromatic heterocycles. The minimum absolute atomic E-state index is 0.130. The molecular weight excluding hydrogens is 280 g/mol. The molecule has 0 radical (unpaired) electrons. The smallest absolute Gasteiger partial charge is 0.231 e. The number of hydrogen-bond donors (Lipinski definition) is 1. The molecule has 1 aliphatic heterocycles. The predicted octanol–water partition coefficient (Wildman–Crippen LogP) is 1.91. The first-order chi connectivity index (χ1) is 10.6. The number of aryl methyl sites for hydroxylation is 1. The average Bonchev–Trinajstić information content (AvgIpc) is 2.96. The van der Waals surface area contributed by atoms with E-state index in [9.17, 15) is 4.79 Å². The van der Waals surface area contributed by atoms with Gasteiger partial charge in [-0.1, -0.05) is 17.3 Å². The summed E-state index contributed by atoms with van der Waals surface area (Å²) in [7, 11) is 0. The second-order valence-corrected chi connectivity index (χ2v) is 5.78. The zero-order valence-electron chi connectivity index (χ0n) is 12.7. The maximum atomic E-state index is 12.5. The molecule has 0 bridgehead atoms. The Morgan fingerprint density at radius 3 is 2.86 bits per heavy atom. The molecule has 1 amide bonds. The number of nitrogens with zero attached hydrogens (tertiary/aromatic N) is 3. The summed E-state index contributed by atoms with van der Waals surface area (Å²) in [6, 6.07) is 7.44. The van der Waals surface area contributed by atoms with Gasteiger partial charge >= 0.3 is 0 Å². The van der Waals surface area contributed by atoms with E-state index in [0.717, 1.165) is 24.9 Å². The Morgan fingerprint density at radius 2 is 2.18 bits per heavy atom. The first-order valence-corrected chi connectivity index (χ1v) is 7.54. The van der Waals surface area contributed by atoms with Gasteiger partial charge in [-0.15, -0.1) is 0 Å². The number of hydrogen-bond acceptors (Lipinski definition) is 5. The van der Waals surface area contributed by atoms with E-state index in [-0.39, 0.29) is 11.8 Å². The van der Waals surface area contributed by atoms with Gasteiger partial charge in [-0.05, 0) is 37.5 Å². The van der Waals surface area contributed by atoms with E-state index < -0.39 is 0 Å². The molecular formula is C16H20N4O2. The van der Waals surface area contributed by atoms with Gasteiger partial charge in [-0.2, -0.15) is 4.98 Å². The average molecular weight is 300 g/mol. The molecule has 22 heavy (non-hydrogen) atoms. The Kier molecular flexibility index (Phi) is 4.09. The van der Waals surface area contributed by atoms with Gasteiger partial charge in [0.1, 0.15) is 0 Å². The van der Waals surface area contributed by atoms with Crippen molar-refractivity contribution in [1.29, 1.82) is 0 Å². The molecule has 1 fully saturated rings. The first-order valence-electron chi connectivity index (χ1n) is 7.54. The van der Waals surface area contributed by atoms with Crippen molar-refractivity contribution in [2.24, 2.45) is 0 Å². The Labute approximate surface area is 129 Å². The molecule has 6 nitrogen and oxygen atoms in total. The zero-order chi connectivity index (χ0) is 15.5. The van der Waals surface area contributed by atoms with Gasteiger partial charge in [0.05, 0.1) is 12.3 Å². The fourth-order valence-electron chi connectivity index (χ4n) is 2.81. The molecule has 1 atom stereocenters. The molecule has 0 saturated carbocycles. The maximum absolute atomic E-state index is 12.5. The van der Waals surface area contributed by atoms with Crippen molar-refractivity contribution in [3.05, 3.63) is 41.5 Å². The SMILES string of the molecule is Cc1noc(C2CCCN(C(=O)Cc3ccc(N)cc3)C2)n1. The summed E-state index contributed by atoms with van der Waals surface area (Å²) < 4.78 is 5.25. The van der Waals surface area contributed by atoms with Crippen LogP contribution in [0, 0.1) is 6.92 Å². The van der Waals surface area contributed by atoms with Crippen molar-refractivity contribution in [1.82, 2.24) is 15.0 Å². The van der Waals surface area contributed by atoms with E-state index in [1.807, 2.05) is 29.2 Å². The molecule has 2 aromatic rings. The third-order valence-electron chi connectivity index (χ3n) is 4.00. The molecule has 6 heteroatoms. The van der Waals surface area contributed by atoms with Gasteiger partial charge in [-0.25, -0.2) is 0 Å². The number of carbonyl (C=O) groups excluding carboxylic acids is 1. The second-order valence-electron chi connectivity index (χ2n) is 5.78. The lowest BCUT2D eigenvalue weighted by Crippen LogP contribution is -2.40. The maximum Gasteiger partial charge on any atom is 0.231 e. The van der Waals surface area contributed by atoms with Crippen molar-refractivity contribution < 1.29 is 9.32 Å². The Hall–Kier alpha value is -2.37. The molecule has 0 spiro atoms. The highest BCUT2D eigenvalue weighted by Gasteiger charge is 2.28.